The van der Waals surface area contributed by atoms with Crippen molar-refractivity contribution in [3.8, 4) is 0 Å². The van der Waals surface area contributed by atoms with Gasteiger partial charge in [0.05, 0.1) is 5.69 Å². The molecule has 0 amide bonds. The molecule has 2 rings (SSSR count). The summed E-state index contributed by atoms with van der Waals surface area (Å²) >= 11 is 7.33. The molecular formula is C9H8ClNS. The van der Waals surface area contributed by atoms with Crippen molar-refractivity contribution in [2.24, 2.45) is 0 Å². The molecule has 0 bridgehead atoms. The van der Waals surface area contributed by atoms with Gasteiger partial charge in [0.1, 0.15) is 0 Å². The molecule has 0 radical (unpaired) electrons. The normalized spacial score (nSPS) is 17.1. The number of hydrogen-bond donors (Lipinski definition) is 0. The third-order valence-corrected chi connectivity index (χ3v) is 2.74. The summed E-state index contributed by atoms with van der Waals surface area (Å²) in [6, 6.07) is 2.05. The van der Waals surface area contributed by atoms with Gasteiger partial charge in [0.15, 0.2) is 0 Å². The lowest BCUT2D eigenvalue weighted by Gasteiger charge is -2.07. The second kappa shape index (κ2) is 3.42. The molecule has 3 heteroatoms. The molecule has 1 aliphatic carbocycles. The highest BCUT2D eigenvalue weighted by Gasteiger charge is 2.07. The average molecular weight is 198 g/mol. The summed E-state index contributed by atoms with van der Waals surface area (Å²) in [6.45, 7) is 0. The van der Waals surface area contributed by atoms with Crippen molar-refractivity contribution in [2.75, 3.05) is 0 Å². The van der Waals surface area contributed by atoms with Gasteiger partial charge in [-0.2, -0.15) is 4.37 Å². The van der Waals surface area contributed by atoms with E-state index in [-0.39, 0.29) is 0 Å². The van der Waals surface area contributed by atoms with Gasteiger partial charge in [0, 0.05) is 10.4 Å². The summed E-state index contributed by atoms with van der Waals surface area (Å²) in [7, 11) is 0. The standard InChI is InChI=1S/C9H8ClNS/c10-8-3-1-7(2-4-8)9-5-6-12-11-9/h1,3,5-6H,2,4H2. The molecule has 1 nitrogen and oxygen atoms in total. The van der Waals surface area contributed by atoms with Crippen molar-refractivity contribution < 1.29 is 0 Å². The molecule has 0 aromatic carbocycles. The van der Waals surface area contributed by atoms with Crippen LogP contribution in [0.1, 0.15) is 18.5 Å². The van der Waals surface area contributed by atoms with Crippen LogP contribution in [0, 0.1) is 0 Å². The van der Waals surface area contributed by atoms with Crippen LogP contribution in [0.25, 0.3) is 5.57 Å². The Morgan fingerprint density at radius 2 is 2.25 bits per heavy atom. The van der Waals surface area contributed by atoms with E-state index in [2.05, 4.69) is 10.4 Å². The molecule has 1 aromatic heterocycles. The maximum atomic E-state index is 5.84. The largest absolute Gasteiger partial charge is 0.193 e. The van der Waals surface area contributed by atoms with Gasteiger partial charge in [0.2, 0.25) is 0 Å². The van der Waals surface area contributed by atoms with Crippen LogP contribution in [-0.4, -0.2) is 4.37 Å². The highest BCUT2D eigenvalue weighted by atomic mass is 35.5. The zero-order valence-electron chi connectivity index (χ0n) is 6.46. The Morgan fingerprint density at radius 1 is 1.33 bits per heavy atom. The minimum Gasteiger partial charge on any atom is -0.193 e. The molecule has 0 unspecified atom stereocenters. The summed E-state index contributed by atoms with van der Waals surface area (Å²) in [5.41, 5.74) is 2.39. The van der Waals surface area contributed by atoms with E-state index in [0.717, 1.165) is 23.6 Å². The van der Waals surface area contributed by atoms with E-state index >= 15 is 0 Å². The minimum absolute atomic E-state index is 0.939. The first kappa shape index (κ1) is 8.02. The maximum Gasteiger partial charge on any atom is 0.0800 e. The fourth-order valence-electron chi connectivity index (χ4n) is 1.20. The molecule has 0 aliphatic heterocycles. The van der Waals surface area contributed by atoms with Crippen LogP contribution in [0.5, 0.6) is 0 Å². The Bertz CT molecular complexity index is 324. The van der Waals surface area contributed by atoms with E-state index in [0.29, 0.717) is 0 Å². The molecule has 0 spiro atoms. The van der Waals surface area contributed by atoms with Crippen LogP contribution in [0.3, 0.4) is 0 Å². The van der Waals surface area contributed by atoms with Crippen LogP contribution >= 0.6 is 23.1 Å². The predicted octanol–water partition coefficient (Wildman–Crippen LogP) is 3.44. The van der Waals surface area contributed by atoms with Gasteiger partial charge in [-0.05, 0) is 42.1 Å². The van der Waals surface area contributed by atoms with Crippen LogP contribution in [0.2, 0.25) is 0 Å². The number of nitrogens with zero attached hydrogens (tertiary/aromatic N) is 1. The predicted molar refractivity (Wildman–Crippen MR) is 53.3 cm³/mol. The fourth-order valence-corrected chi connectivity index (χ4v) is 1.90. The van der Waals surface area contributed by atoms with Gasteiger partial charge < -0.3 is 0 Å². The summed E-state index contributed by atoms with van der Waals surface area (Å²) in [5.74, 6) is 0. The summed E-state index contributed by atoms with van der Waals surface area (Å²) in [5, 5.41) is 2.94. The van der Waals surface area contributed by atoms with Crippen LogP contribution in [-0.2, 0) is 0 Å². The van der Waals surface area contributed by atoms with Crippen molar-refractivity contribution in [2.45, 2.75) is 12.8 Å². The fraction of sp³-hybridized carbons (Fsp3) is 0.222. The van der Waals surface area contributed by atoms with E-state index < -0.39 is 0 Å². The van der Waals surface area contributed by atoms with Gasteiger partial charge in [-0.3, -0.25) is 0 Å². The third-order valence-electron chi connectivity index (χ3n) is 1.87. The quantitative estimate of drug-likeness (QED) is 0.672. The van der Waals surface area contributed by atoms with E-state index in [9.17, 15) is 0 Å². The SMILES string of the molecule is ClC1=CC=C(c2ccsn2)CC1. The van der Waals surface area contributed by atoms with Crippen molar-refractivity contribution in [1.82, 2.24) is 4.37 Å². The maximum absolute atomic E-state index is 5.84. The van der Waals surface area contributed by atoms with Crippen molar-refractivity contribution in [3.05, 3.63) is 34.3 Å². The summed E-state index contributed by atoms with van der Waals surface area (Å²) < 4.78 is 4.27. The summed E-state index contributed by atoms with van der Waals surface area (Å²) in [6.07, 6.45) is 5.98. The Morgan fingerprint density at radius 3 is 2.83 bits per heavy atom. The first-order valence-corrected chi connectivity index (χ1v) is 5.04. The van der Waals surface area contributed by atoms with E-state index in [4.69, 9.17) is 11.6 Å². The highest BCUT2D eigenvalue weighted by molar-refractivity contribution is 7.03. The van der Waals surface area contributed by atoms with Crippen LogP contribution in [0.4, 0.5) is 0 Å². The lowest BCUT2D eigenvalue weighted by molar-refractivity contribution is 1.03. The Kier molecular flexibility index (Phi) is 2.28. The number of allylic oxidation sites excluding steroid dienone is 4. The number of hydrogen-bond acceptors (Lipinski definition) is 2. The van der Waals surface area contributed by atoms with Gasteiger partial charge in [-0.25, -0.2) is 0 Å². The lowest BCUT2D eigenvalue weighted by atomic mass is 10.0. The molecule has 12 heavy (non-hydrogen) atoms. The highest BCUT2D eigenvalue weighted by Crippen LogP contribution is 2.27. The van der Waals surface area contributed by atoms with Crippen LogP contribution in [0.15, 0.2) is 28.6 Å². The molecule has 0 atom stereocenters. The Hall–Kier alpha value is -0.600. The molecule has 0 saturated carbocycles. The van der Waals surface area contributed by atoms with Gasteiger partial charge in [-0.1, -0.05) is 17.7 Å². The molecule has 0 saturated heterocycles. The second-order valence-corrected chi connectivity index (χ2v) is 3.84. The average Bonchev–Trinajstić information content (AvgIpc) is 2.58. The molecule has 0 N–H and O–H groups in total. The molecule has 1 aromatic rings. The number of halogens is 1. The molecule has 0 fully saturated rings. The molecule has 1 aliphatic rings. The van der Waals surface area contributed by atoms with Crippen molar-refractivity contribution >= 4 is 28.7 Å². The molecule has 62 valence electrons. The number of aromatic nitrogens is 1. The topological polar surface area (TPSA) is 12.9 Å². The van der Waals surface area contributed by atoms with Gasteiger partial charge in [-0.15, -0.1) is 0 Å². The van der Waals surface area contributed by atoms with Crippen LogP contribution < -0.4 is 0 Å². The zero-order chi connectivity index (χ0) is 8.39. The van der Waals surface area contributed by atoms with Gasteiger partial charge in [0.25, 0.3) is 0 Å². The van der Waals surface area contributed by atoms with Crippen molar-refractivity contribution in [3.63, 3.8) is 0 Å². The minimum atomic E-state index is 0.939. The third kappa shape index (κ3) is 1.59. The first-order chi connectivity index (χ1) is 5.86. The Labute approximate surface area is 80.5 Å². The van der Waals surface area contributed by atoms with Gasteiger partial charge >= 0.3 is 0 Å². The lowest BCUT2D eigenvalue weighted by Crippen LogP contribution is -1.89. The molecular weight excluding hydrogens is 190 g/mol. The van der Waals surface area contributed by atoms with Crippen molar-refractivity contribution in [1.29, 1.82) is 0 Å². The monoisotopic (exact) mass is 197 g/mol. The van der Waals surface area contributed by atoms with E-state index in [1.807, 2.05) is 17.5 Å². The second-order valence-electron chi connectivity index (χ2n) is 2.69. The first-order valence-electron chi connectivity index (χ1n) is 3.82. The number of rotatable bonds is 1. The Balaban J connectivity index is 2.27. The summed E-state index contributed by atoms with van der Waals surface area (Å²) in [4.78, 5) is 0. The molecule has 1 heterocycles. The zero-order valence-corrected chi connectivity index (χ0v) is 8.03. The van der Waals surface area contributed by atoms with E-state index in [1.165, 1.54) is 17.1 Å². The van der Waals surface area contributed by atoms with E-state index in [1.54, 1.807) is 0 Å². The smallest absolute Gasteiger partial charge is 0.0800 e.